The lowest BCUT2D eigenvalue weighted by molar-refractivity contribution is 0.102. The molecule has 0 fully saturated rings. The SMILES string of the molecule is C/C=C\c1cc(NN/C2=C(\C#N)C=NCCC(c3cccnn3)C2)c(O)c(C(=O)Nc2ccccc2)c1C. The van der Waals surface area contributed by atoms with Crippen molar-refractivity contribution in [1.29, 1.82) is 5.26 Å². The number of benzene rings is 2. The number of hydrazine groups is 1. The first-order valence-corrected chi connectivity index (χ1v) is 12.3. The monoisotopic (exact) mass is 507 g/mol. The van der Waals surface area contributed by atoms with Crippen LogP contribution >= 0.6 is 0 Å². The van der Waals surface area contributed by atoms with E-state index in [0.29, 0.717) is 41.2 Å². The van der Waals surface area contributed by atoms with Gasteiger partial charge in [0.05, 0.1) is 28.2 Å². The normalized spacial score (nSPS) is 17.3. The predicted octanol–water partition coefficient (Wildman–Crippen LogP) is 5.12. The molecule has 0 saturated carbocycles. The molecule has 1 atom stereocenters. The minimum Gasteiger partial charge on any atom is -0.505 e. The summed E-state index contributed by atoms with van der Waals surface area (Å²) in [6, 6.07) is 16.7. The molecule has 4 N–H and O–H groups in total. The first-order valence-electron chi connectivity index (χ1n) is 12.3. The number of phenols is 1. The van der Waals surface area contributed by atoms with Crippen molar-refractivity contribution in [3.63, 3.8) is 0 Å². The Hall–Kier alpha value is -4.97. The van der Waals surface area contributed by atoms with E-state index in [1.54, 1.807) is 37.5 Å². The molecule has 9 nitrogen and oxygen atoms in total. The van der Waals surface area contributed by atoms with E-state index in [0.717, 1.165) is 17.7 Å². The van der Waals surface area contributed by atoms with Gasteiger partial charge in [-0.3, -0.25) is 15.2 Å². The number of aliphatic imine (C=N–C) groups is 1. The number of allylic oxidation sites excluding steroid dienone is 3. The van der Waals surface area contributed by atoms with Crippen molar-refractivity contribution in [3.05, 3.63) is 94.5 Å². The van der Waals surface area contributed by atoms with Gasteiger partial charge < -0.3 is 15.8 Å². The van der Waals surface area contributed by atoms with Crippen molar-refractivity contribution >= 4 is 29.6 Å². The molecule has 0 aliphatic carbocycles. The molecule has 1 aliphatic rings. The van der Waals surface area contributed by atoms with Gasteiger partial charge in [-0.25, -0.2) is 0 Å². The Morgan fingerprint density at radius 1 is 1.18 bits per heavy atom. The van der Waals surface area contributed by atoms with E-state index in [1.165, 1.54) is 0 Å². The van der Waals surface area contributed by atoms with Crippen molar-refractivity contribution in [1.82, 2.24) is 15.6 Å². The smallest absolute Gasteiger partial charge is 0.259 e. The second kappa shape index (κ2) is 12.3. The van der Waals surface area contributed by atoms with Crippen LogP contribution in [-0.4, -0.2) is 34.0 Å². The third kappa shape index (κ3) is 6.05. The molecule has 0 bridgehead atoms. The molecule has 1 aliphatic heterocycles. The highest BCUT2D eigenvalue weighted by molar-refractivity contribution is 6.09. The Balaban J connectivity index is 1.66. The molecule has 3 aromatic rings. The van der Waals surface area contributed by atoms with Crippen LogP contribution < -0.4 is 16.2 Å². The number of aromatic nitrogens is 2. The van der Waals surface area contributed by atoms with E-state index < -0.39 is 5.91 Å². The van der Waals surface area contributed by atoms with Crippen LogP contribution in [0.15, 0.2) is 77.1 Å². The minimum absolute atomic E-state index is 0.00814. The quantitative estimate of drug-likeness (QED) is 0.257. The fourth-order valence-electron chi connectivity index (χ4n) is 4.29. The van der Waals surface area contributed by atoms with Crippen LogP contribution in [0.25, 0.3) is 6.08 Å². The molecular formula is C29H29N7O2. The van der Waals surface area contributed by atoms with Gasteiger partial charge in [-0.05, 0) is 68.1 Å². The summed E-state index contributed by atoms with van der Waals surface area (Å²) in [6.45, 7) is 4.24. The zero-order valence-electron chi connectivity index (χ0n) is 21.3. The number of anilines is 2. The molecule has 1 aromatic heterocycles. The number of carbonyl (C=O) groups excluding carboxylic acids is 1. The van der Waals surface area contributed by atoms with Gasteiger partial charge in [0.1, 0.15) is 6.07 Å². The Kier molecular flexibility index (Phi) is 8.46. The summed E-state index contributed by atoms with van der Waals surface area (Å²) < 4.78 is 0. The van der Waals surface area contributed by atoms with E-state index in [4.69, 9.17) is 0 Å². The van der Waals surface area contributed by atoms with Crippen molar-refractivity contribution in [2.75, 3.05) is 17.3 Å². The van der Waals surface area contributed by atoms with Gasteiger partial charge in [-0.1, -0.05) is 30.4 Å². The molecule has 0 radical (unpaired) electrons. The summed E-state index contributed by atoms with van der Waals surface area (Å²) in [4.78, 5) is 17.6. The molecule has 192 valence electrons. The first kappa shape index (κ1) is 26.1. The van der Waals surface area contributed by atoms with E-state index in [9.17, 15) is 15.2 Å². The highest BCUT2D eigenvalue weighted by Crippen LogP contribution is 2.35. The number of nitrogens with one attached hydrogen (secondary N) is 3. The van der Waals surface area contributed by atoms with Crippen molar-refractivity contribution in [2.45, 2.75) is 32.6 Å². The number of carbonyl (C=O) groups is 1. The number of hydrogen-bond acceptors (Lipinski definition) is 8. The Bertz CT molecular complexity index is 1420. The number of aromatic hydroxyl groups is 1. The molecule has 2 heterocycles. The number of hydrogen-bond donors (Lipinski definition) is 4. The van der Waals surface area contributed by atoms with E-state index >= 15 is 0 Å². The summed E-state index contributed by atoms with van der Waals surface area (Å²) in [5.41, 5.74) is 10.4. The molecular weight excluding hydrogens is 478 g/mol. The first-order chi connectivity index (χ1) is 18.5. The Morgan fingerprint density at radius 3 is 2.71 bits per heavy atom. The predicted molar refractivity (Wildman–Crippen MR) is 149 cm³/mol. The number of rotatable bonds is 7. The molecule has 9 heteroatoms. The van der Waals surface area contributed by atoms with Gasteiger partial charge in [0, 0.05) is 30.6 Å². The molecule has 38 heavy (non-hydrogen) atoms. The maximum absolute atomic E-state index is 13.2. The van der Waals surface area contributed by atoms with Crippen LogP contribution in [0.1, 0.15) is 52.9 Å². The number of para-hydroxylation sites is 1. The van der Waals surface area contributed by atoms with Gasteiger partial charge in [-0.15, -0.1) is 0 Å². The van der Waals surface area contributed by atoms with E-state index in [2.05, 4.69) is 37.4 Å². The summed E-state index contributed by atoms with van der Waals surface area (Å²) >= 11 is 0. The van der Waals surface area contributed by atoms with Gasteiger partial charge in [0.25, 0.3) is 5.91 Å². The standard InChI is InChI=1S/C29H29N7O2/c1-3-8-20-15-26(28(37)27(19(20)2)29(38)33-23-9-5-4-6-10-23)36-35-25-16-21(24-11-7-13-32-34-24)12-14-31-18-22(25)17-30/h3-11,13,15,18,21,35-37H,12,14,16H2,1-2H3,(H,33,38)/b8-3-,25-22+,31-18?. The highest BCUT2D eigenvalue weighted by atomic mass is 16.3. The summed E-state index contributed by atoms with van der Waals surface area (Å²) in [6.07, 6.45) is 8.13. The van der Waals surface area contributed by atoms with E-state index in [-0.39, 0.29) is 17.2 Å². The zero-order chi connectivity index (χ0) is 26.9. The third-order valence-electron chi connectivity index (χ3n) is 6.29. The lowest BCUT2D eigenvalue weighted by Gasteiger charge is -2.22. The second-order valence-electron chi connectivity index (χ2n) is 8.81. The number of nitrogens with zero attached hydrogens (tertiary/aromatic N) is 4. The van der Waals surface area contributed by atoms with E-state index in [1.807, 2.05) is 49.4 Å². The fraction of sp³-hybridized carbons (Fsp3) is 0.207. The third-order valence-corrected chi connectivity index (χ3v) is 6.29. The zero-order valence-corrected chi connectivity index (χ0v) is 21.3. The summed E-state index contributed by atoms with van der Waals surface area (Å²) in [5.74, 6) is -0.648. The van der Waals surface area contributed by atoms with Crippen molar-refractivity contribution in [2.24, 2.45) is 4.99 Å². The number of phenolic OH excluding ortho intramolecular Hbond substituents is 1. The topological polar surface area (TPSA) is 135 Å². The molecule has 0 saturated heterocycles. The lowest BCUT2D eigenvalue weighted by atomic mass is 9.93. The van der Waals surface area contributed by atoms with Crippen LogP contribution in [0, 0.1) is 18.3 Å². The molecule has 1 amide bonds. The van der Waals surface area contributed by atoms with Crippen LogP contribution in [0.2, 0.25) is 0 Å². The van der Waals surface area contributed by atoms with Crippen LogP contribution in [0.5, 0.6) is 5.75 Å². The van der Waals surface area contributed by atoms with Crippen molar-refractivity contribution in [3.8, 4) is 11.8 Å². The van der Waals surface area contributed by atoms with Gasteiger partial charge >= 0.3 is 0 Å². The van der Waals surface area contributed by atoms with Gasteiger partial charge in [0.15, 0.2) is 5.75 Å². The molecule has 4 rings (SSSR count). The lowest BCUT2D eigenvalue weighted by Crippen LogP contribution is -2.26. The number of nitriles is 1. The molecule has 0 spiro atoms. The summed E-state index contributed by atoms with van der Waals surface area (Å²) in [7, 11) is 0. The fourth-order valence-corrected chi connectivity index (χ4v) is 4.29. The average Bonchev–Trinajstić information content (AvgIpc) is 2.92. The van der Waals surface area contributed by atoms with Crippen LogP contribution in [0.4, 0.5) is 11.4 Å². The summed E-state index contributed by atoms with van der Waals surface area (Å²) in [5, 5.41) is 32.1. The second-order valence-corrected chi connectivity index (χ2v) is 8.81. The molecule has 1 unspecified atom stereocenters. The van der Waals surface area contributed by atoms with Gasteiger partial charge in [0.2, 0.25) is 0 Å². The van der Waals surface area contributed by atoms with Crippen LogP contribution in [0.3, 0.4) is 0 Å². The van der Waals surface area contributed by atoms with Crippen molar-refractivity contribution < 1.29 is 9.90 Å². The molecule has 2 aromatic carbocycles. The minimum atomic E-state index is -0.432. The highest BCUT2D eigenvalue weighted by Gasteiger charge is 2.23. The van der Waals surface area contributed by atoms with Gasteiger partial charge in [-0.2, -0.15) is 15.5 Å². The average molecular weight is 508 g/mol. The number of amides is 1. The maximum atomic E-state index is 13.2. The Labute approximate surface area is 221 Å². The largest absolute Gasteiger partial charge is 0.505 e. The van der Waals surface area contributed by atoms with Crippen LogP contribution in [-0.2, 0) is 0 Å². The maximum Gasteiger partial charge on any atom is 0.259 e. The Morgan fingerprint density at radius 2 is 2.00 bits per heavy atom.